The van der Waals surface area contributed by atoms with Crippen LogP contribution < -0.4 is 0 Å². The SMILES string of the molecule is CCCCCCCC(=O)OCC[S-].CCCCCCCC(=O)OCC[S-].[CH2]CCCCCCC.[CH2]CCCCCCC.[Sn+2]. The van der Waals surface area contributed by atoms with Crippen LogP contribution >= 0.6 is 0 Å². The van der Waals surface area contributed by atoms with Crippen molar-refractivity contribution in [3.63, 3.8) is 0 Å². The van der Waals surface area contributed by atoms with Gasteiger partial charge in [-0.2, -0.15) is 0 Å². The first-order chi connectivity index (χ1) is 20.4. The number of hydrogen-bond donors (Lipinski definition) is 0. The molecule has 4 radical (unpaired) electrons. The largest absolute Gasteiger partial charge is 2.00 e. The van der Waals surface area contributed by atoms with Gasteiger partial charge in [0.15, 0.2) is 0 Å². The summed E-state index contributed by atoms with van der Waals surface area (Å²) in [4.78, 5) is 21.9. The zero-order valence-electron chi connectivity index (χ0n) is 29.2. The molecule has 0 N–H and O–H groups in total. The number of esters is 2. The van der Waals surface area contributed by atoms with Gasteiger partial charge in [-0.05, 0) is 12.8 Å². The molecule has 7 heteroatoms. The molecule has 0 rings (SSSR count). The maximum absolute atomic E-state index is 11.0. The van der Waals surface area contributed by atoms with Crippen molar-refractivity contribution < 1.29 is 19.1 Å². The van der Waals surface area contributed by atoms with Crippen LogP contribution in [0.5, 0.6) is 0 Å². The normalized spacial score (nSPS) is 9.67. The first-order valence-corrected chi connectivity index (χ1v) is 18.7. The van der Waals surface area contributed by atoms with Crippen molar-refractivity contribution >= 4 is 61.1 Å². The first kappa shape index (κ1) is 52.9. The number of carbonyl (C=O) groups is 2. The van der Waals surface area contributed by atoms with Crippen LogP contribution in [0.3, 0.4) is 0 Å². The van der Waals surface area contributed by atoms with Crippen molar-refractivity contribution in [2.24, 2.45) is 0 Å². The standard InChI is InChI=1S/2C10H20O2S.2C8H17.Sn/c2*1-2-3-4-5-6-7-10(11)12-8-9-13;2*1-3-5-7-8-6-4-2;/h2*13H,2-9H2,1H3;2*1,3-8H2,2H3;/q;;;;+2/p-2. The summed E-state index contributed by atoms with van der Waals surface area (Å²) in [5.74, 6) is 0.811. The van der Waals surface area contributed by atoms with E-state index in [9.17, 15) is 9.59 Å². The van der Waals surface area contributed by atoms with E-state index < -0.39 is 0 Å². The molecule has 0 aromatic rings. The number of carbonyl (C=O) groups excluding carboxylic acids is 2. The minimum atomic E-state index is -0.0960. The Balaban J connectivity index is -0.000000152. The van der Waals surface area contributed by atoms with Crippen LogP contribution in [0.1, 0.15) is 182 Å². The predicted molar refractivity (Wildman–Crippen MR) is 196 cm³/mol. The van der Waals surface area contributed by atoms with Gasteiger partial charge in [-0.15, -0.1) is 11.5 Å². The van der Waals surface area contributed by atoms with Gasteiger partial charge in [0.25, 0.3) is 0 Å². The second kappa shape index (κ2) is 54.9. The fraction of sp³-hybridized carbons (Fsp3) is 0.889. The third kappa shape index (κ3) is 66.0. The van der Waals surface area contributed by atoms with E-state index in [1.807, 2.05) is 0 Å². The van der Waals surface area contributed by atoms with Gasteiger partial charge in [0.05, 0.1) is 13.2 Å². The molecule has 0 fully saturated rings. The molecule has 0 bridgehead atoms. The summed E-state index contributed by atoms with van der Waals surface area (Å²) in [6, 6.07) is 0. The molecule has 0 aromatic carbocycles. The van der Waals surface area contributed by atoms with Gasteiger partial charge < -0.3 is 34.7 Å². The average Bonchev–Trinajstić information content (AvgIpc) is 3.00. The van der Waals surface area contributed by atoms with E-state index in [4.69, 9.17) is 9.47 Å². The summed E-state index contributed by atoms with van der Waals surface area (Å²) in [6.07, 6.45) is 28.7. The van der Waals surface area contributed by atoms with Gasteiger partial charge in [-0.1, -0.05) is 170 Å². The number of rotatable bonds is 26. The number of unbranched alkanes of at least 4 members (excludes halogenated alkanes) is 18. The van der Waals surface area contributed by atoms with E-state index in [0.717, 1.165) is 38.5 Å². The number of ether oxygens (including phenoxy) is 2. The van der Waals surface area contributed by atoms with E-state index in [-0.39, 0.29) is 35.8 Å². The smallest absolute Gasteiger partial charge is 0.789 e. The Labute approximate surface area is 298 Å². The molecule has 0 aliphatic rings. The van der Waals surface area contributed by atoms with Crippen LogP contribution in [-0.2, 0) is 44.3 Å². The number of hydrogen-bond acceptors (Lipinski definition) is 6. The van der Waals surface area contributed by atoms with Crippen molar-refractivity contribution in [1.82, 2.24) is 0 Å². The minimum absolute atomic E-state index is 0. The molecule has 0 aliphatic carbocycles. The van der Waals surface area contributed by atoms with Crippen molar-refractivity contribution in [2.45, 2.75) is 182 Å². The maximum Gasteiger partial charge on any atom is 2.00 e. The molecule has 43 heavy (non-hydrogen) atoms. The third-order valence-corrected chi connectivity index (χ3v) is 6.70. The van der Waals surface area contributed by atoms with Gasteiger partial charge in [0.2, 0.25) is 0 Å². The summed E-state index contributed by atoms with van der Waals surface area (Å²) in [7, 11) is 0. The Bertz CT molecular complexity index is 428. The Morgan fingerprint density at radius 1 is 0.465 bits per heavy atom. The molecule has 0 saturated heterocycles. The van der Waals surface area contributed by atoms with Crippen LogP contribution in [0.25, 0.3) is 0 Å². The molecular formula is C36H72O4S2Sn. The molecule has 0 aliphatic heterocycles. The maximum atomic E-state index is 11.0. The molecule has 256 valence electrons. The van der Waals surface area contributed by atoms with Gasteiger partial charge in [-0.3, -0.25) is 9.59 Å². The van der Waals surface area contributed by atoms with E-state index >= 15 is 0 Å². The third-order valence-electron chi connectivity index (χ3n) is 6.37. The molecule has 0 atom stereocenters. The molecule has 0 spiro atoms. The summed E-state index contributed by atoms with van der Waals surface area (Å²) < 4.78 is 9.71. The molecular weight excluding hydrogens is 679 g/mol. The molecule has 0 heterocycles. The van der Waals surface area contributed by atoms with Crippen molar-refractivity contribution in [1.29, 1.82) is 0 Å². The van der Waals surface area contributed by atoms with Crippen LogP contribution in [0.4, 0.5) is 0 Å². The fourth-order valence-electron chi connectivity index (χ4n) is 3.76. The molecule has 0 amide bonds. The van der Waals surface area contributed by atoms with Gasteiger partial charge >= 0.3 is 35.8 Å². The molecule has 0 unspecified atom stereocenters. The molecule has 4 nitrogen and oxygen atoms in total. The van der Waals surface area contributed by atoms with E-state index in [2.05, 4.69) is 66.8 Å². The molecule has 0 aromatic heterocycles. The zero-order chi connectivity index (χ0) is 32.4. The Kier molecular flexibility index (Phi) is 67.6. The van der Waals surface area contributed by atoms with Crippen molar-refractivity contribution in [2.75, 3.05) is 24.7 Å². The first-order valence-electron chi connectivity index (χ1n) is 17.5. The van der Waals surface area contributed by atoms with Crippen molar-refractivity contribution in [3.8, 4) is 0 Å². The fourth-order valence-corrected chi connectivity index (χ4v) is 3.93. The van der Waals surface area contributed by atoms with Gasteiger partial charge in [-0.25, -0.2) is 0 Å². The summed E-state index contributed by atoms with van der Waals surface area (Å²) in [6.45, 7) is 17.2. The quantitative estimate of drug-likeness (QED) is 0.0380. The zero-order valence-corrected chi connectivity index (χ0v) is 33.6. The van der Waals surface area contributed by atoms with Crippen LogP contribution in [-0.4, -0.2) is 60.6 Å². The van der Waals surface area contributed by atoms with Crippen molar-refractivity contribution in [3.05, 3.63) is 13.8 Å². The summed E-state index contributed by atoms with van der Waals surface area (Å²) in [5.41, 5.74) is 0. The summed E-state index contributed by atoms with van der Waals surface area (Å²) >= 11 is 9.33. The van der Waals surface area contributed by atoms with Crippen LogP contribution in [0, 0.1) is 13.8 Å². The second-order valence-corrected chi connectivity index (χ2v) is 11.5. The minimum Gasteiger partial charge on any atom is -0.789 e. The van der Waals surface area contributed by atoms with E-state index in [1.54, 1.807) is 0 Å². The predicted octanol–water partition coefficient (Wildman–Crippen LogP) is 10.9. The van der Waals surface area contributed by atoms with Crippen LogP contribution in [0.2, 0.25) is 0 Å². The Morgan fingerprint density at radius 2 is 0.721 bits per heavy atom. The topological polar surface area (TPSA) is 52.6 Å². The van der Waals surface area contributed by atoms with E-state index in [1.165, 1.54) is 103 Å². The van der Waals surface area contributed by atoms with Gasteiger partial charge in [0.1, 0.15) is 0 Å². The Morgan fingerprint density at radius 3 is 0.953 bits per heavy atom. The van der Waals surface area contributed by atoms with Gasteiger partial charge in [0, 0.05) is 12.8 Å². The summed E-state index contributed by atoms with van der Waals surface area (Å²) in [5, 5.41) is 0. The Hall–Kier alpha value is 0.439. The van der Waals surface area contributed by atoms with E-state index in [0.29, 0.717) is 37.6 Å². The van der Waals surface area contributed by atoms with Crippen LogP contribution in [0.15, 0.2) is 0 Å². The molecule has 0 saturated carbocycles. The average molecular weight is 752 g/mol. The second-order valence-electron chi connectivity index (χ2n) is 10.7. The monoisotopic (exact) mass is 752 g/mol.